The number of halogens is 1. The topological polar surface area (TPSA) is 44.3 Å². The lowest BCUT2D eigenvalue weighted by molar-refractivity contribution is 0.256. The molecule has 0 unspecified atom stereocenters. The Balaban J connectivity index is 1.34. The van der Waals surface area contributed by atoms with Gasteiger partial charge in [0.05, 0.1) is 0 Å². The van der Waals surface area contributed by atoms with Crippen LogP contribution in [-0.4, -0.2) is 60.7 Å². The summed E-state index contributed by atoms with van der Waals surface area (Å²) < 4.78 is 1.15. The third kappa shape index (κ3) is 5.49. The normalized spacial score (nSPS) is 16.8. The maximum Gasteiger partial charge on any atom is 0.225 e. The van der Waals surface area contributed by atoms with Crippen LogP contribution in [0.3, 0.4) is 0 Å². The van der Waals surface area contributed by atoms with E-state index in [4.69, 9.17) is 0 Å². The molecule has 6 heteroatoms. The second-order valence-electron chi connectivity index (χ2n) is 6.54. The molecular formula is C19H26BrN5. The first-order chi connectivity index (χ1) is 12.2. The molecule has 0 radical (unpaired) electrons. The van der Waals surface area contributed by atoms with Crippen molar-refractivity contribution in [1.29, 1.82) is 0 Å². The molecule has 0 spiro atoms. The van der Waals surface area contributed by atoms with E-state index in [1.165, 1.54) is 5.56 Å². The summed E-state index contributed by atoms with van der Waals surface area (Å²) in [5, 5.41) is 3.60. The highest BCUT2D eigenvalue weighted by Crippen LogP contribution is 2.19. The molecule has 0 aliphatic carbocycles. The molecule has 5 nitrogen and oxygen atoms in total. The standard InChI is InChI=1S/C19H26BrN5/c1-16(17-4-2-5-18(20)14-17)15-21-8-9-24-10-12-25(13-11-24)19-22-6-3-7-23-19/h2-7,14,16,21H,8-13,15H2,1H3/t16-/m1/s1. The van der Waals surface area contributed by atoms with Crippen molar-refractivity contribution in [3.8, 4) is 0 Å². The van der Waals surface area contributed by atoms with Crippen molar-refractivity contribution >= 4 is 21.9 Å². The van der Waals surface area contributed by atoms with Gasteiger partial charge in [-0.1, -0.05) is 35.0 Å². The van der Waals surface area contributed by atoms with Crippen molar-refractivity contribution in [2.24, 2.45) is 0 Å². The predicted molar refractivity (Wildman–Crippen MR) is 106 cm³/mol. The highest BCUT2D eigenvalue weighted by molar-refractivity contribution is 9.10. The Hall–Kier alpha value is -1.50. The van der Waals surface area contributed by atoms with Gasteiger partial charge in [0.1, 0.15) is 0 Å². The van der Waals surface area contributed by atoms with Crippen LogP contribution in [0.15, 0.2) is 47.2 Å². The molecule has 0 saturated carbocycles. The van der Waals surface area contributed by atoms with Gasteiger partial charge in [-0.15, -0.1) is 0 Å². The fourth-order valence-electron chi connectivity index (χ4n) is 3.11. The number of aromatic nitrogens is 2. The van der Waals surface area contributed by atoms with Gasteiger partial charge in [0.15, 0.2) is 0 Å². The summed E-state index contributed by atoms with van der Waals surface area (Å²) in [4.78, 5) is 13.4. The van der Waals surface area contributed by atoms with Crippen LogP contribution in [0.2, 0.25) is 0 Å². The zero-order valence-corrected chi connectivity index (χ0v) is 16.3. The third-order valence-corrected chi connectivity index (χ3v) is 5.17. The van der Waals surface area contributed by atoms with E-state index >= 15 is 0 Å². The second-order valence-corrected chi connectivity index (χ2v) is 7.45. The predicted octanol–water partition coefficient (Wildman–Crippen LogP) is 2.75. The first kappa shape index (κ1) is 18.3. The smallest absolute Gasteiger partial charge is 0.225 e. The molecular weight excluding hydrogens is 378 g/mol. The lowest BCUT2D eigenvalue weighted by atomic mass is 10.0. The minimum atomic E-state index is 0.518. The van der Waals surface area contributed by atoms with Crippen LogP contribution in [0, 0.1) is 0 Å². The van der Waals surface area contributed by atoms with Crippen molar-refractivity contribution in [1.82, 2.24) is 20.2 Å². The number of rotatable bonds is 7. The molecule has 3 rings (SSSR count). The Bertz CT molecular complexity index is 643. The van der Waals surface area contributed by atoms with E-state index in [-0.39, 0.29) is 0 Å². The van der Waals surface area contributed by atoms with Gasteiger partial charge in [0, 0.05) is 62.7 Å². The molecule has 0 amide bonds. The van der Waals surface area contributed by atoms with Crippen LogP contribution in [0.1, 0.15) is 18.4 Å². The highest BCUT2D eigenvalue weighted by Gasteiger charge is 2.18. The first-order valence-corrected chi connectivity index (χ1v) is 9.72. The Kier molecular flexibility index (Phi) is 6.78. The molecule has 1 fully saturated rings. The van der Waals surface area contributed by atoms with Crippen LogP contribution in [0.4, 0.5) is 5.95 Å². The Labute approximate surface area is 158 Å². The highest BCUT2D eigenvalue weighted by atomic mass is 79.9. The van der Waals surface area contributed by atoms with Crippen molar-refractivity contribution in [2.45, 2.75) is 12.8 Å². The maximum absolute atomic E-state index is 4.34. The Morgan fingerprint density at radius 3 is 2.60 bits per heavy atom. The SMILES string of the molecule is C[C@H](CNCCN1CCN(c2ncccn2)CC1)c1cccc(Br)c1. The van der Waals surface area contributed by atoms with Gasteiger partial charge < -0.3 is 10.2 Å². The summed E-state index contributed by atoms with van der Waals surface area (Å²) >= 11 is 3.55. The number of benzene rings is 1. The summed E-state index contributed by atoms with van der Waals surface area (Å²) in [6.45, 7) is 9.54. The van der Waals surface area contributed by atoms with E-state index in [0.717, 1.165) is 56.2 Å². The maximum atomic E-state index is 4.34. The van der Waals surface area contributed by atoms with E-state index in [1.807, 2.05) is 18.5 Å². The number of anilines is 1. The zero-order chi connectivity index (χ0) is 17.5. The van der Waals surface area contributed by atoms with Crippen molar-refractivity contribution in [3.05, 3.63) is 52.8 Å². The molecule has 1 saturated heterocycles. The van der Waals surface area contributed by atoms with Gasteiger partial charge >= 0.3 is 0 Å². The molecule has 1 aliphatic rings. The molecule has 1 atom stereocenters. The number of nitrogens with zero attached hydrogens (tertiary/aromatic N) is 4. The molecule has 1 aromatic carbocycles. The van der Waals surface area contributed by atoms with Crippen LogP contribution in [0.5, 0.6) is 0 Å². The minimum absolute atomic E-state index is 0.518. The van der Waals surface area contributed by atoms with Crippen LogP contribution >= 0.6 is 15.9 Å². The first-order valence-electron chi connectivity index (χ1n) is 8.93. The summed E-state index contributed by atoms with van der Waals surface area (Å²) in [5.74, 6) is 1.37. The zero-order valence-electron chi connectivity index (χ0n) is 14.7. The van der Waals surface area contributed by atoms with Crippen LogP contribution in [-0.2, 0) is 0 Å². The summed E-state index contributed by atoms with van der Waals surface area (Å²) in [6.07, 6.45) is 3.62. The van der Waals surface area contributed by atoms with Crippen LogP contribution < -0.4 is 10.2 Å². The average Bonchev–Trinajstić information content (AvgIpc) is 2.66. The van der Waals surface area contributed by atoms with E-state index < -0.39 is 0 Å². The number of hydrogen-bond acceptors (Lipinski definition) is 5. The van der Waals surface area contributed by atoms with Crippen molar-refractivity contribution in [2.75, 3.05) is 50.7 Å². The molecule has 2 aromatic rings. The largest absolute Gasteiger partial charge is 0.338 e. The number of hydrogen-bond donors (Lipinski definition) is 1. The second kappa shape index (κ2) is 9.27. The average molecular weight is 404 g/mol. The molecule has 1 aliphatic heterocycles. The van der Waals surface area contributed by atoms with Crippen molar-refractivity contribution < 1.29 is 0 Å². The molecule has 1 N–H and O–H groups in total. The van der Waals surface area contributed by atoms with Gasteiger partial charge in [-0.25, -0.2) is 9.97 Å². The number of piperazine rings is 1. The van der Waals surface area contributed by atoms with E-state index in [2.05, 4.69) is 72.2 Å². The molecule has 2 heterocycles. The summed E-state index contributed by atoms with van der Waals surface area (Å²) in [6, 6.07) is 10.4. The summed E-state index contributed by atoms with van der Waals surface area (Å²) in [5.41, 5.74) is 1.37. The van der Waals surface area contributed by atoms with Crippen LogP contribution in [0.25, 0.3) is 0 Å². The Morgan fingerprint density at radius 2 is 1.88 bits per heavy atom. The fourth-order valence-corrected chi connectivity index (χ4v) is 3.53. The Morgan fingerprint density at radius 1 is 1.12 bits per heavy atom. The fraction of sp³-hybridized carbons (Fsp3) is 0.474. The quantitative estimate of drug-likeness (QED) is 0.719. The monoisotopic (exact) mass is 403 g/mol. The van der Waals surface area contributed by atoms with E-state index in [1.54, 1.807) is 0 Å². The van der Waals surface area contributed by atoms with E-state index in [0.29, 0.717) is 5.92 Å². The third-order valence-electron chi connectivity index (χ3n) is 4.68. The van der Waals surface area contributed by atoms with Gasteiger partial charge in [-0.05, 0) is 29.7 Å². The van der Waals surface area contributed by atoms with Gasteiger partial charge in [-0.3, -0.25) is 4.90 Å². The van der Waals surface area contributed by atoms with Gasteiger partial charge in [0.25, 0.3) is 0 Å². The molecule has 0 bridgehead atoms. The molecule has 25 heavy (non-hydrogen) atoms. The summed E-state index contributed by atoms with van der Waals surface area (Å²) in [7, 11) is 0. The minimum Gasteiger partial charge on any atom is -0.338 e. The lowest BCUT2D eigenvalue weighted by Crippen LogP contribution is -2.48. The van der Waals surface area contributed by atoms with Crippen molar-refractivity contribution in [3.63, 3.8) is 0 Å². The molecule has 1 aromatic heterocycles. The molecule has 134 valence electrons. The van der Waals surface area contributed by atoms with E-state index in [9.17, 15) is 0 Å². The number of nitrogens with one attached hydrogen (secondary N) is 1. The lowest BCUT2D eigenvalue weighted by Gasteiger charge is -2.34. The van der Waals surface area contributed by atoms with Gasteiger partial charge in [0.2, 0.25) is 5.95 Å². The van der Waals surface area contributed by atoms with Gasteiger partial charge in [-0.2, -0.15) is 0 Å².